The molecule has 3 rings (SSSR count). The Morgan fingerprint density at radius 1 is 1.48 bits per heavy atom. The molecule has 1 fully saturated rings. The Kier molecular flexibility index (Phi) is 4.71. The van der Waals surface area contributed by atoms with Crippen molar-refractivity contribution in [3.63, 3.8) is 0 Å². The van der Waals surface area contributed by atoms with Crippen LogP contribution in [0.25, 0.3) is 0 Å². The molecule has 1 aliphatic heterocycles. The van der Waals surface area contributed by atoms with Crippen LogP contribution in [0.4, 0.5) is 0 Å². The first-order valence-corrected chi connectivity index (χ1v) is 8.95. The summed E-state index contributed by atoms with van der Waals surface area (Å²) in [5.41, 5.74) is 0.754. The van der Waals surface area contributed by atoms with E-state index in [1.165, 1.54) is 11.3 Å². The molecule has 1 saturated heterocycles. The fourth-order valence-electron chi connectivity index (χ4n) is 2.95. The highest BCUT2D eigenvalue weighted by Gasteiger charge is 2.27. The van der Waals surface area contributed by atoms with Crippen molar-refractivity contribution in [2.45, 2.75) is 38.0 Å². The Morgan fingerprint density at radius 2 is 2.38 bits per heavy atom. The smallest absolute Gasteiger partial charge is 0.100 e. The Morgan fingerprint density at radius 3 is 3.10 bits per heavy atom. The lowest BCUT2D eigenvalue weighted by atomic mass is 10.1. The van der Waals surface area contributed by atoms with Gasteiger partial charge in [-0.2, -0.15) is 5.26 Å². The molecule has 21 heavy (non-hydrogen) atoms. The molecule has 5 heteroatoms. The fraction of sp³-hybridized carbons (Fsp3) is 0.438. The molecule has 0 amide bonds. The monoisotopic (exact) mass is 318 g/mol. The highest BCUT2D eigenvalue weighted by atomic mass is 32.1. The van der Waals surface area contributed by atoms with Crippen LogP contribution in [0.1, 0.15) is 40.7 Å². The van der Waals surface area contributed by atoms with E-state index in [0.717, 1.165) is 36.4 Å². The van der Waals surface area contributed by atoms with Gasteiger partial charge in [0.2, 0.25) is 0 Å². The summed E-state index contributed by atoms with van der Waals surface area (Å²) >= 11 is 3.28. The number of aliphatic hydroxyl groups is 1. The maximum Gasteiger partial charge on any atom is 0.100 e. The van der Waals surface area contributed by atoms with Crippen LogP contribution in [0.15, 0.2) is 29.0 Å². The van der Waals surface area contributed by atoms with E-state index in [0.29, 0.717) is 6.04 Å². The fourth-order valence-corrected chi connectivity index (χ4v) is 4.51. The minimum Gasteiger partial charge on any atom is -0.388 e. The number of thiophene rings is 2. The van der Waals surface area contributed by atoms with Gasteiger partial charge in [0, 0.05) is 27.7 Å². The van der Waals surface area contributed by atoms with Crippen molar-refractivity contribution in [1.82, 2.24) is 4.90 Å². The van der Waals surface area contributed by atoms with Gasteiger partial charge in [-0.1, -0.05) is 6.07 Å². The van der Waals surface area contributed by atoms with Gasteiger partial charge in [0.1, 0.15) is 6.07 Å². The zero-order chi connectivity index (χ0) is 14.7. The highest BCUT2D eigenvalue weighted by molar-refractivity contribution is 7.10. The average Bonchev–Trinajstić information content (AvgIpc) is 3.21. The molecule has 2 aromatic rings. The molecule has 0 saturated carbocycles. The molecule has 0 aromatic carbocycles. The van der Waals surface area contributed by atoms with Crippen LogP contribution in [0.2, 0.25) is 0 Å². The third-order valence-corrected chi connectivity index (χ3v) is 5.90. The molecule has 1 aliphatic rings. The molecule has 2 aromatic heterocycles. The Labute approximate surface area is 133 Å². The van der Waals surface area contributed by atoms with Crippen molar-refractivity contribution in [3.8, 4) is 6.07 Å². The van der Waals surface area contributed by atoms with E-state index in [-0.39, 0.29) is 6.10 Å². The van der Waals surface area contributed by atoms with E-state index >= 15 is 0 Å². The average molecular weight is 318 g/mol. The first-order chi connectivity index (χ1) is 10.3. The van der Waals surface area contributed by atoms with Gasteiger partial charge in [0.25, 0.3) is 0 Å². The number of hydrogen-bond donors (Lipinski definition) is 1. The summed E-state index contributed by atoms with van der Waals surface area (Å²) in [6.45, 7) is 1.98. The third kappa shape index (κ3) is 3.53. The summed E-state index contributed by atoms with van der Waals surface area (Å²) < 4.78 is 0. The molecule has 0 aliphatic carbocycles. The number of rotatable bonds is 5. The normalized spacial score (nSPS) is 20.5. The van der Waals surface area contributed by atoms with Crippen LogP contribution in [0.3, 0.4) is 0 Å². The number of aliphatic hydroxyl groups excluding tert-OH is 1. The van der Waals surface area contributed by atoms with Crippen LogP contribution in [-0.2, 0) is 6.54 Å². The minimum absolute atomic E-state index is 0.353. The van der Waals surface area contributed by atoms with Crippen LogP contribution in [0.5, 0.6) is 0 Å². The first-order valence-electron chi connectivity index (χ1n) is 7.19. The van der Waals surface area contributed by atoms with Gasteiger partial charge < -0.3 is 5.11 Å². The van der Waals surface area contributed by atoms with E-state index < -0.39 is 0 Å². The zero-order valence-corrected chi connectivity index (χ0v) is 13.4. The standard InChI is InChI=1S/C16H18N2OS2/c17-9-12-7-14(21-11-12)10-18-5-1-3-13(18)8-15(19)16-4-2-6-20-16/h2,4,6-7,11,13,15,19H,1,3,5,8,10H2. The first kappa shape index (κ1) is 14.7. The molecule has 3 heterocycles. The minimum atomic E-state index is -0.353. The zero-order valence-electron chi connectivity index (χ0n) is 11.7. The number of nitriles is 1. The number of hydrogen-bond acceptors (Lipinski definition) is 5. The van der Waals surface area contributed by atoms with Crippen molar-refractivity contribution >= 4 is 22.7 Å². The van der Waals surface area contributed by atoms with Crippen LogP contribution in [0, 0.1) is 11.3 Å². The molecule has 0 spiro atoms. The molecule has 2 atom stereocenters. The van der Waals surface area contributed by atoms with Gasteiger partial charge in [-0.15, -0.1) is 22.7 Å². The molecule has 0 radical (unpaired) electrons. The SMILES string of the molecule is N#Cc1csc(CN2CCCC2CC(O)c2cccs2)c1. The molecule has 2 unspecified atom stereocenters. The molecule has 3 nitrogen and oxygen atoms in total. The second-order valence-corrected chi connectivity index (χ2v) is 7.42. The third-order valence-electron chi connectivity index (χ3n) is 4.01. The van der Waals surface area contributed by atoms with Gasteiger partial charge in [-0.3, -0.25) is 4.90 Å². The van der Waals surface area contributed by atoms with Crippen LogP contribution < -0.4 is 0 Å². The van der Waals surface area contributed by atoms with Crippen molar-refractivity contribution < 1.29 is 5.11 Å². The van der Waals surface area contributed by atoms with Crippen molar-refractivity contribution in [2.24, 2.45) is 0 Å². The van der Waals surface area contributed by atoms with E-state index in [4.69, 9.17) is 5.26 Å². The topological polar surface area (TPSA) is 47.3 Å². The molecule has 1 N–H and O–H groups in total. The quantitative estimate of drug-likeness (QED) is 0.913. The van der Waals surface area contributed by atoms with E-state index in [2.05, 4.69) is 11.0 Å². The largest absolute Gasteiger partial charge is 0.388 e. The van der Waals surface area contributed by atoms with Crippen LogP contribution in [-0.4, -0.2) is 22.6 Å². The van der Waals surface area contributed by atoms with Gasteiger partial charge in [0.05, 0.1) is 11.7 Å². The Hall–Kier alpha value is -1.19. The van der Waals surface area contributed by atoms with Crippen molar-refractivity contribution in [1.29, 1.82) is 5.26 Å². The summed E-state index contributed by atoms with van der Waals surface area (Å²) in [6, 6.07) is 8.61. The van der Waals surface area contributed by atoms with Gasteiger partial charge in [-0.05, 0) is 43.3 Å². The maximum atomic E-state index is 10.3. The predicted octanol–water partition coefficient (Wildman–Crippen LogP) is 3.77. The molecular weight excluding hydrogens is 300 g/mol. The van der Waals surface area contributed by atoms with Crippen molar-refractivity contribution in [3.05, 3.63) is 44.3 Å². The summed E-state index contributed by atoms with van der Waals surface area (Å²) in [6.07, 6.45) is 2.79. The maximum absolute atomic E-state index is 10.3. The van der Waals surface area contributed by atoms with Gasteiger partial charge in [0.15, 0.2) is 0 Å². The van der Waals surface area contributed by atoms with E-state index in [1.807, 2.05) is 29.0 Å². The van der Waals surface area contributed by atoms with Gasteiger partial charge >= 0.3 is 0 Å². The van der Waals surface area contributed by atoms with E-state index in [9.17, 15) is 5.11 Å². The molecule has 0 bridgehead atoms. The summed E-state index contributed by atoms with van der Waals surface area (Å²) in [4.78, 5) is 4.75. The van der Waals surface area contributed by atoms with Gasteiger partial charge in [-0.25, -0.2) is 0 Å². The second-order valence-electron chi connectivity index (χ2n) is 5.45. The number of likely N-dealkylation sites (tertiary alicyclic amines) is 1. The van der Waals surface area contributed by atoms with Crippen LogP contribution >= 0.6 is 22.7 Å². The summed E-state index contributed by atoms with van der Waals surface area (Å²) in [7, 11) is 0. The lowest BCUT2D eigenvalue weighted by Gasteiger charge is -2.25. The summed E-state index contributed by atoms with van der Waals surface area (Å²) in [5, 5.41) is 23.2. The predicted molar refractivity (Wildman–Crippen MR) is 86.4 cm³/mol. The summed E-state index contributed by atoms with van der Waals surface area (Å²) in [5.74, 6) is 0. The highest BCUT2D eigenvalue weighted by Crippen LogP contribution is 2.31. The lowest BCUT2D eigenvalue weighted by Crippen LogP contribution is -2.30. The molecule has 110 valence electrons. The second kappa shape index (κ2) is 6.71. The number of nitrogens with zero attached hydrogens (tertiary/aromatic N) is 2. The van der Waals surface area contributed by atoms with Crippen molar-refractivity contribution in [2.75, 3.05) is 6.54 Å². The lowest BCUT2D eigenvalue weighted by molar-refractivity contribution is 0.121. The molecular formula is C16H18N2OS2. The Bertz CT molecular complexity index is 615. The van der Waals surface area contributed by atoms with E-state index in [1.54, 1.807) is 22.7 Å². The Balaban J connectivity index is 1.61.